The molecule has 0 radical (unpaired) electrons. The van der Waals surface area contributed by atoms with E-state index in [4.69, 9.17) is 5.73 Å². The molecule has 0 aromatic carbocycles. The largest absolute Gasteiger partial charge is 0.398 e. The van der Waals surface area contributed by atoms with Crippen molar-refractivity contribution in [3.05, 3.63) is 21.9 Å². The maximum absolute atomic E-state index is 5.71. The number of anilines is 1. The molecule has 60 valence electrons. The number of hydrogen-bond donors (Lipinski definition) is 1. The van der Waals surface area contributed by atoms with Gasteiger partial charge in [-0.3, -0.25) is 0 Å². The van der Waals surface area contributed by atoms with E-state index in [2.05, 4.69) is 19.9 Å². The average molecular weight is 167 g/mol. The van der Waals surface area contributed by atoms with E-state index in [0.717, 1.165) is 12.1 Å². The number of thiophene rings is 1. The Morgan fingerprint density at radius 1 is 1.73 bits per heavy atom. The zero-order valence-electron chi connectivity index (χ0n) is 6.92. The fourth-order valence-electron chi connectivity index (χ4n) is 0.774. The van der Waals surface area contributed by atoms with Gasteiger partial charge in [0.2, 0.25) is 0 Å². The third-order valence-electron chi connectivity index (χ3n) is 1.66. The zero-order valence-corrected chi connectivity index (χ0v) is 7.74. The summed E-state index contributed by atoms with van der Waals surface area (Å²) in [5.41, 5.74) is 7.98. The van der Waals surface area contributed by atoms with E-state index in [-0.39, 0.29) is 0 Å². The molecule has 0 fully saturated rings. The summed E-state index contributed by atoms with van der Waals surface area (Å²) >= 11 is 1.69. The summed E-state index contributed by atoms with van der Waals surface area (Å²) in [6.45, 7) is 4.27. The predicted molar refractivity (Wildman–Crippen MR) is 52.7 cm³/mol. The second kappa shape index (κ2) is 3.58. The van der Waals surface area contributed by atoms with Crippen LogP contribution in [0.15, 0.2) is 17.0 Å². The van der Waals surface area contributed by atoms with E-state index in [0.29, 0.717) is 0 Å². The average Bonchev–Trinajstić information content (AvgIpc) is 2.37. The van der Waals surface area contributed by atoms with E-state index >= 15 is 0 Å². The lowest BCUT2D eigenvalue weighted by Crippen LogP contribution is -1.82. The number of nitrogen functional groups attached to an aromatic ring is 1. The Morgan fingerprint density at radius 3 is 2.91 bits per heavy atom. The van der Waals surface area contributed by atoms with Gasteiger partial charge in [-0.05, 0) is 30.9 Å². The molecule has 0 aliphatic heterocycles. The van der Waals surface area contributed by atoms with Gasteiger partial charge in [0.15, 0.2) is 0 Å². The number of rotatable bonds is 2. The third-order valence-corrected chi connectivity index (χ3v) is 2.54. The summed E-state index contributed by atoms with van der Waals surface area (Å²) in [7, 11) is 0. The van der Waals surface area contributed by atoms with E-state index in [1.165, 1.54) is 10.5 Å². The van der Waals surface area contributed by atoms with Crippen LogP contribution in [0.5, 0.6) is 0 Å². The fourth-order valence-corrected chi connectivity index (χ4v) is 1.61. The van der Waals surface area contributed by atoms with E-state index in [1.807, 2.05) is 11.4 Å². The highest BCUT2D eigenvalue weighted by atomic mass is 32.1. The normalized spacial score (nSPS) is 12.0. The van der Waals surface area contributed by atoms with Crippen molar-refractivity contribution in [2.45, 2.75) is 20.3 Å². The molecule has 2 N–H and O–H groups in total. The molecule has 0 bridgehead atoms. The van der Waals surface area contributed by atoms with Crippen LogP contribution in [0.1, 0.15) is 25.1 Å². The molecule has 1 aromatic heterocycles. The van der Waals surface area contributed by atoms with Crippen molar-refractivity contribution in [2.24, 2.45) is 0 Å². The summed E-state index contributed by atoms with van der Waals surface area (Å²) in [6, 6.07) is 1.94. The summed E-state index contributed by atoms with van der Waals surface area (Å²) < 4.78 is 0. The lowest BCUT2D eigenvalue weighted by molar-refractivity contribution is 1.11. The zero-order chi connectivity index (χ0) is 8.27. The SMILES string of the molecule is CC/C(C)=C/c1sccc1N. The minimum absolute atomic E-state index is 0.891. The maximum atomic E-state index is 5.71. The van der Waals surface area contributed by atoms with E-state index in [9.17, 15) is 0 Å². The Kier molecular flexibility index (Phi) is 2.71. The molecule has 0 saturated carbocycles. The van der Waals surface area contributed by atoms with Crippen molar-refractivity contribution in [3.8, 4) is 0 Å². The van der Waals surface area contributed by atoms with Crippen LogP contribution >= 0.6 is 11.3 Å². The highest BCUT2D eigenvalue weighted by molar-refractivity contribution is 7.11. The molecule has 2 heteroatoms. The van der Waals surface area contributed by atoms with Gasteiger partial charge in [-0.25, -0.2) is 0 Å². The standard InChI is InChI=1S/C9H13NS/c1-3-7(2)6-9-8(10)4-5-11-9/h4-6H,3,10H2,1-2H3/b7-6+. The van der Waals surface area contributed by atoms with E-state index in [1.54, 1.807) is 11.3 Å². The molecule has 1 aromatic rings. The lowest BCUT2D eigenvalue weighted by atomic mass is 10.2. The van der Waals surface area contributed by atoms with Gasteiger partial charge in [0.05, 0.1) is 0 Å². The second-order valence-electron chi connectivity index (χ2n) is 2.58. The third kappa shape index (κ3) is 2.09. The van der Waals surface area contributed by atoms with Crippen LogP contribution in [-0.4, -0.2) is 0 Å². The molecular weight excluding hydrogens is 154 g/mol. The van der Waals surface area contributed by atoms with Crippen molar-refractivity contribution < 1.29 is 0 Å². The summed E-state index contributed by atoms with van der Waals surface area (Å²) in [4.78, 5) is 1.18. The van der Waals surface area contributed by atoms with Gasteiger partial charge in [0, 0.05) is 10.6 Å². The van der Waals surface area contributed by atoms with Gasteiger partial charge in [0.25, 0.3) is 0 Å². The Morgan fingerprint density at radius 2 is 2.45 bits per heavy atom. The summed E-state index contributed by atoms with van der Waals surface area (Å²) in [6.07, 6.45) is 3.25. The fraction of sp³-hybridized carbons (Fsp3) is 0.333. The second-order valence-corrected chi connectivity index (χ2v) is 3.53. The first-order valence-corrected chi connectivity index (χ1v) is 4.62. The minimum Gasteiger partial charge on any atom is -0.398 e. The molecule has 1 heterocycles. The van der Waals surface area contributed by atoms with Crippen molar-refractivity contribution >= 4 is 23.1 Å². The van der Waals surface area contributed by atoms with E-state index < -0.39 is 0 Å². The van der Waals surface area contributed by atoms with Crippen molar-refractivity contribution in [1.29, 1.82) is 0 Å². The maximum Gasteiger partial charge on any atom is 0.0499 e. The number of hydrogen-bond acceptors (Lipinski definition) is 2. The van der Waals surface area contributed by atoms with Crippen molar-refractivity contribution in [2.75, 3.05) is 5.73 Å². The van der Waals surface area contributed by atoms with Crippen LogP contribution in [-0.2, 0) is 0 Å². The minimum atomic E-state index is 0.891. The van der Waals surface area contributed by atoms with Gasteiger partial charge in [-0.15, -0.1) is 11.3 Å². The molecule has 0 amide bonds. The van der Waals surface area contributed by atoms with Crippen molar-refractivity contribution in [3.63, 3.8) is 0 Å². The molecule has 0 aliphatic rings. The molecule has 0 unspecified atom stereocenters. The van der Waals surface area contributed by atoms with Crippen LogP contribution in [0.4, 0.5) is 5.69 Å². The lowest BCUT2D eigenvalue weighted by Gasteiger charge is -1.94. The Balaban J connectivity index is 2.86. The Labute approximate surface area is 71.5 Å². The predicted octanol–water partition coefficient (Wildman–Crippen LogP) is 3.14. The van der Waals surface area contributed by atoms with Gasteiger partial charge in [-0.2, -0.15) is 0 Å². The van der Waals surface area contributed by atoms with Gasteiger partial charge in [0.1, 0.15) is 0 Å². The Hall–Kier alpha value is -0.760. The quantitative estimate of drug-likeness (QED) is 0.719. The first-order chi connectivity index (χ1) is 5.24. The van der Waals surface area contributed by atoms with Crippen LogP contribution in [0, 0.1) is 0 Å². The first kappa shape index (κ1) is 8.34. The van der Waals surface area contributed by atoms with Crippen LogP contribution in [0.25, 0.3) is 6.08 Å². The van der Waals surface area contributed by atoms with Crippen LogP contribution in [0.3, 0.4) is 0 Å². The van der Waals surface area contributed by atoms with Gasteiger partial charge < -0.3 is 5.73 Å². The first-order valence-electron chi connectivity index (χ1n) is 3.74. The number of nitrogens with two attached hydrogens (primary N) is 1. The summed E-state index contributed by atoms with van der Waals surface area (Å²) in [5.74, 6) is 0. The molecule has 11 heavy (non-hydrogen) atoms. The monoisotopic (exact) mass is 167 g/mol. The molecule has 0 aliphatic carbocycles. The molecule has 0 spiro atoms. The molecule has 0 atom stereocenters. The van der Waals surface area contributed by atoms with Crippen molar-refractivity contribution in [1.82, 2.24) is 0 Å². The highest BCUT2D eigenvalue weighted by Gasteiger charge is 1.95. The summed E-state index contributed by atoms with van der Waals surface area (Å²) in [5, 5.41) is 2.02. The number of allylic oxidation sites excluding steroid dienone is 1. The topological polar surface area (TPSA) is 26.0 Å². The molecular formula is C9H13NS. The van der Waals surface area contributed by atoms with Gasteiger partial charge in [-0.1, -0.05) is 12.5 Å². The van der Waals surface area contributed by atoms with Crippen LogP contribution in [0.2, 0.25) is 0 Å². The smallest absolute Gasteiger partial charge is 0.0499 e. The molecule has 1 nitrogen and oxygen atoms in total. The molecule has 1 rings (SSSR count). The molecule has 0 saturated heterocycles. The highest BCUT2D eigenvalue weighted by Crippen LogP contribution is 2.22. The Bertz CT molecular complexity index is 260. The van der Waals surface area contributed by atoms with Crippen LogP contribution < -0.4 is 5.73 Å². The van der Waals surface area contributed by atoms with Gasteiger partial charge >= 0.3 is 0 Å².